The molecule has 0 saturated heterocycles. The summed E-state index contributed by atoms with van der Waals surface area (Å²) < 4.78 is 21.2. The molecule has 0 fully saturated rings. The van der Waals surface area contributed by atoms with Gasteiger partial charge in [0, 0.05) is 23.1 Å². The van der Waals surface area contributed by atoms with Crippen molar-refractivity contribution >= 4 is 23.0 Å². The largest absolute Gasteiger partial charge is 0.493 e. The van der Waals surface area contributed by atoms with E-state index in [1.807, 2.05) is 19.1 Å². The number of esters is 1. The lowest BCUT2D eigenvalue weighted by atomic mass is 9.95. The molecule has 162 valence electrons. The van der Waals surface area contributed by atoms with Crippen LogP contribution in [0, 0.1) is 6.92 Å². The Balaban J connectivity index is 1.79. The minimum Gasteiger partial charge on any atom is -0.493 e. The number of aryl methyl sites for hydroxylation is 1. The summed E-state index contributed by atoms with van der Waals surface area (Å²) in [6, 6.07) is 10.5. The molecular formula is C25H26O6. The summed E-state index contributed by atoms with van der Waals surface area (Å²) in [6.07, 6.45) is 2.96. The van der Waals surface area contributed by atoms with Crippen LogP contribution in [0.4, 0.5) is 0 Å². The van der Waals surface area contributed by atoms with Crippen LogP contribution in [-0.2, 0) is 16.1 Å². The summed E-state index contributed by atoms with van der Waals surface area (Å²) in [5.41, 5.74) is 3.59. The van der Waals surface area contributed by atoms with Crippen molar-refractivity contribution in [3.8, 4) is 11.5 Å². The first kappa shape index (κ1) is 22.2. The molecule has 1 heterocycles. The van der Waals surface area contributed by atoms with Crippen LogP contribution in [0.2, 0.25) is 0 Å². The van der Waals surface area contributed by atoms with Crippen LogP contribution in [0.3, 0.4) is 0 Å². The van der Waals surface area contributed by atoms with Crippen molar-refractivity contribution < 1.29 is 23.4 Å². The Hall–Kier alpha value is -3.54. The monoisotopic (exact) mass is 422 g/mol. The molecule has 0 saturated carbocycles. The molecule has 3 rings (SSSR count). The van der Waals surface area contributed by atoms with Crippen LogP contribution < -0.4 is 15.1 Å². The number of hydrogen-bond donors (Lipinski definition) is 0. The molecule has 3 aromatic rings. The van der Waals surface area contributed by atoms with E-state index in [0.29, 0.717) is 28.6 Å². The molecule has 6 nitrogen and oxygen atoms in total. The van der Waals surface area contributed by atoms with E-state index in [9.17, 15) is 9.59 Å². The van der Waals surface area contributed by atoms with Gasteiger partial charge in [-0.3, -0.25) is 0 Å². The quantitative estimate of drug-likeness (QED) is 0.303. The predicted molar refractivity (Wildman–Crippen MR) is 120 cm³/mol. The molecule has 0 N–H and O–H groups in total. The van der Waals surface area contributed by atoms with Crippen molar-refractivity contribution in [1.82, 2.24) is 0 Å². The molecule has 0 aliphatic heterocycles. The standard InChI is InChI=1S/C25H26O6/c1-15(2)19-13-20-18(12-25(27)31-22(20)10-16(19)3)14-30-24(26)9-7-17-6-8-21(28-4)23(11-17)29-5/h6-13,15H,14H2,1-5H3/b9-7+. The highest BCUT2D eigenvalue weighted by atomic mass is 16.5. The van der Waals surface area contributed by atoms with E-state index in [1.165, 1.54) is 12.1 Å². The minimum absolute atomic E-state index is 0.0300. The summed E-state index contributed by atoms with van der Waals surface area (Å²) in [5.74, 6) is 0.966. The number of carbonyl (C=O) groups is 1. The fourth-order valence-electron chi connectivity index (χ4n) is 3.45. The van der Waals surface area contributed by atoms with Crippen LogP contribution >= 0.6 is 0 Å². The third-order valence-corrected chi connectivity index (χ3v) is 5.03. The van der Waals surface area contributed by atoms with Crippen LogP contribution in [0.15, 0.2) is 51.7 Å². The highest BCUT2D eigenvalue weighted by Gasteiger charge is 2.12. The average molecular weight is 422 g/mol. The molecule has 2 aromatic carbocycles. The van der Waals surface area contributed by atoms with Crippen LogP contribution in [0.25, 0.3) is 17.0 Å². The molecule has 1 aromatic heterocycles. The highest BCUT2D eigenvalue weighted by Crippen LogP contribution is 2.28. The third-order valence-electron chi connectivity index (χ3n) is 5.03. The van der Waals surface area contributed by atoms with Crippen LogP contribution in [-0.4, -0.2) is 20.2 Å². The molecule has 0 amide bonds. The van der Waals surface area contributed by atoms with Crippen molar-refractivity contribution in [2.75, 3.05) is 14.2 Å². The lowest BCUT2D eigenvalue weighted by molar-refractivity contribution is -0.138. The van der Waals surface area contributed by atoms with Crippen molar-refractivity contribution in [3.63, 3.8) is 0 Å². The second-order valence-corrected chi connectivity index (χ2v) is 7.51. The van der Waals surface area contributed by atoms with E-state index < -0.39 is 11.6 Å². The Morgan fingerprint density at radius 2 is 1.81 bits per heavy atom. The van der Waals surface area contributed by atoms with Gasteiger partial charge in [-0.15, -0.1) is 0 Å². The fourth-order valence-corrected chi connectivity index (χ4v) is 3.45. The third kappa shape index (κ3) is 5.15. The second-order valence-electron chi connectivity index (χ2n) is 7.51. The Bertz CT molecular complexity index is 1190. The first-order valence-electron chi connectivity index (χ1n) is 9.96. The summed E-state index contributed by atoms with van der Waals surface area (Å²) >= 11 is 0. The molecular weight excluding hydrogens is 396 g/mol. The van der Waals surface area contributed by atoms with Crippen molar-refractivity contribution in [3.05, 3.63) is 75.1 Å². The molecule has 0 spiro atoms. The van der Waals surface area contributed by atoms with Gasteiger partial charge >= 0.3 is 11.6 Å². The summed E-state index contributed by atoms with van der Waals surface area (Å²) in [7, 11) is 3.11. The molecule has 31 heavy (non-hydrogen) atoms. The van der Waals surface area contributed by atoms with Gasteiger partial charge in [0.05, 0.1) is 14.2 Å². The maximum atomic E-state index is 12.3. The Morgan fingerprint density at radius 1 is 1.06 bits per heavy atom. The number of rotatable bonds is 7. The molecule has 0 atom stereocenters. The lowest BCUT2D eigenvalue weighted by Gasteiger charge is -2.13. The first-order valence-corrected chi connectivity index (χ1v) is 9.96. The predicted octanol–water partition coefficient (Wildman–Crippen LogP) is 5.00. The first-order chi connectivity index (χ1) is 14.8. The second kappa shape index (κ2) is 9.51. The van der Waals surface area contributed by atoms with Gasteiger partial charge in [0.15, 0.2) is 11.5 Å². The average Bonchev–Trinajstić information content (AvgIpc) is 2.74. The van der Waals surface area contributed by atoms with E-state index >= 15 is 0 Å². The van der Waals surface area contributed by atoms with Crippen LogP contribution in [0.1, 0.15) is 42.0 Å². The molecule has 0 aliphatic rings. The van der Waals surface area contributed by atoms with Gasteiger partial charge < -0.3 is 18.6 Å². The number of methoxy groups -OCH3 is 2. The Kier molecular flexibility index (Phi) is 6.80. The number of ether oxygens (including phenoxy) is 3. The molecule has 0 bridgehead atoms. The zero-order valence-electron chi connectivity index (χ0n) is 18.4. The molecule has 0 aliphatic carbocycles. The number of carbonyl (C=O) groups excluding carboxylic acids is 1. The van der Waals surface area contributed by atoms with Gasteiger partial charge in [0.2, 0.25) is 0 Å². The number of fused-ring (bicyclic) bond motifs is 1. The zero-order chi connectivity index (χ0) is 22.5. The topological polar surface area (TPSA) is 75.0 Å². The summed E-state index contributed by atoms with van der Waals surface area (Å²) in [5, 5.41) is 0.769. The highest BCUT2D eigenvalue weighted by molar-refractivity contribution is 5.87. The Morgan fingerprint density at radius 3 is 2.48 bits per heavy atom. The van der Waals surface area contributed by atoms with E-state index in [0.717, 1.165) is 22.1 Å². The van der Waals surface area contributed by atoms with E-state index in [-0.39, 0.29) is 6.61 Å². The zero-order valence-corrected chi connectivity index (χ0v) is 18.4. The van der Waals surface area contributed by atoms with Gasteiger partial charge in [-0.1, -0.05) is 19.9 Å². The van der Waals surface area contributed by atoms with Gasteiger partial charge in [0.25, 0.3) is 0 Å². The van der Waals surface area contributed by atoms with E-state index in [1.54, 1.807) is 38.5 Å². The van der Waals surface area contributed by atoms with Crippen molar-refractivity contribution in [2.24, 2.45) is 0 Å². The van der Waals surface area contributed by atoms with Crippen LogP contribution in [0.5, 0.6) is 11.5 Å². The summed E-state index contributed by atoms with van der Waals surface area (Å²) in [4.78, 5) is 24.2. The smallest absolute Gasteiger partial charge is 0.336 e. The van der Waals surface area contributed by atoms with Crippen molar-refractivity contribution in [2.45, 2.75) is 33.3 Å². The molecule has 6 heteroatoms. The van der Waals surface area contributed by atoms with Gasteiger partial charge in [-0.05, 0) is 59.9 Å². The van der Waals surface area contributed by atoms with Gasteiger partial charge in [0.1, 0.15) is 12.2 Å². The van der Waals surface area contributed by atoms with E-state index in [4.69, 9.17) is 18.6 Å². The molecule has 0 radical (unpaired) electrons. The van der Waals surface area contributed by atoms with Crippen molar-refractivity contribution in [1.29, 1.82) is 0 Å². The number of hydrogen-bond acceptors (Lipinski definition) is 6. The van der Waals surface area contributed by atoms with Gasteiger partial charge in [-0.2, -0.15) is 0 Å². The normalized spacial score (nSPS) is 11.3. The van der Waals surface area contributed by atoms with E-state index in [2.05, 4.69) is 13.8 Å². The fraction of sp³-hybridized carbons (Fsp3) is 0.280. The maximum absolute atomic E-state index is 12.3. The Labute approximate surface area is 181 Å². The SMILES string of the molecule is COc1ccc(/C=C/C(=O)OCc2cc(=O)oc3cc(C)c(C(C)C)cc23)cc1OC. The number of benzene rings is 2. The van der Waals surface area contributed by atoms with Gasteiger partial charge in [-0.25, -0.2) is 9.59 Å². The molecule has 0 unspecified atom stereocenters. The summed E-state index contributed by atoms with van der Waals surface area (Å²) in [6.45, 7) is 6.16. The maximum Gasteiger partial charge on any atom is 0.336 e. The minimum atomic E-state index is -0.521. The lowest BCUT2D eigenvalue weighted by Crippen LogP contribution is -2.06.